The van der Waals surface area contributed by atoms with Crippen molar-refractivity contribution in [2.24, 2.45) is 0 Å². The highest BCUT2D eigenvalue weighted by molar-refractivity contribution is 6.02. The normalized spacial score (nSPS) is 10.9. The van der Waals surface area contributed by atoms with Crippen molar-refractivity contribution < 1.29 is 23.9 Å². The van der Waals surface area contributed by atoms with Crippen LogP contribution in [0.5, 0.6) is 0 Å². The molecule has 0 bridgehead atoms. The summed E-state index contributed by atoms with van der Waals surface area (Å²) in [5, 5.41) is 5.22. The highest BCUT2D eigenvalue weighted by atomic mass is 16.5. The van der Waals surface area contributed by atoms with Crippen molar-refractivity contribution in [2.75, 3.05) is 11.9 Å². The molecule has 2 amide bonds. The molecule has 0 heterocycles. The average Bonchev–Trinajstić information content (AvgIpc) is 2.78. The highest BCUT2D eigenvalue weighted by Gasteiger charge is 2.16. The van der Waals surface area contributed by atoms with Crippen LogP contribution in [-0.2, 0) is 19.1 Å². The van der Waals surface area contributed by atoms with E-state index in [9.17, 15) is 19.2 Å². The van der Waals surface area contributed by atoms with E-state index in [2.05, 4.69) is 17.6 Å². The Morgan fingerprint density at radius 1 is 0.938 bits per heavy atom. The van der Waals surface area contributed by atoms with Crippen molar-refractivity contribution in [1.82, 2.24) is 5.32 Å². The van der Waals surface area contributed by atoms with Crippen molar-refractivity contribution in [3.05, 3.63) is 71.4 Å². The van der Waals surface area contributed by atoms with Crippen LogP contribution in [0.25, 0.3) is 6.08 Å². The molecule has 0 spiro atoms. The number of nitrogens with one attached hydrogen (secondary N) is 2. The number of ether oxygens (including phenoxy) is 1. The van der Waals surface area contributed by atoms with Crippen molar-refractivity contribution >= 4 is 35.3 Å². The number of anilines is 1. The van der Waals surface area contributed by atoms with Gasteiger partial charge in [0.2, 0.25) is 11.8 Å². The zero-order valence-corrected chi connectivity index (χ0v) is 18.4. The third kappa shape index (κ3) is 8.55. The first kappa shape index (κ1) is 24.5. The van der Waals surface area contributed by atoms with Gasteiger partial charge >= 0.3 is 5.97 Å². The first-order valence-electron chi connectivity index (χ1n) is 10.5. The molecular formula is C25H28N2O5. The van der Waals surface area contributed by atoms with E-state index in [1.54, 1.807) is 48.5 Å². The Hall–Kier alpha value is -3.74. The zero-order chi connectivity index (χ0) is 23.3. The second kappa shape index (κ2) is 12.8. The third-order valence-corrected chi connectivity index (χ3v) is 4.47. The molecule has 0 radical (unpaired) electrons. The van der Waals surface area contributed by atoms with Gasteiger partial charge in [0.25, 0.3) is 0 Å². The third-order valence-electron chi connectivity index (χ3n) is 4.47. The molecule has 168 valence electrons. The summed E-state index contributed by atoms with van der Waals surface area (Å²) >= 11 is 0. The monoisotopic (exact) mass is 436 g/mol. The van der Waals surface area contributed by atoms with Gasteiger partial charge in [-0.2, -0.15) is 0 Å². The summed E-state index contributed by atoms with van der Waals surface area (Å²) in [6, 6.07) is 15.3. The van der Waals surface area contributed by atoms with Gasteiger partial charge in [0.05, 0.1) is 0 Å². The molecule has 0 saturated carbocycles. The van der Waals surface area contributed by atoms with Crippen LogP contribution in [0.4, 0.5) is 5.69 Å². The number of esters is 1. The van der Waals surface area contributed by atoms with Crippen LogP contribution in [0.3, 0.4) is 0 Å². The lowest BCUT2D eigenvalue weighted by Crippen LogP contribution is -2.27. The minimum absolute atomic E-state index is 0.0577. The van der Waals surface area contributed by atoms with Gasteiger partial charge < -0.3 is 15.4 Å². The zero-order valence-electron chi connectivity index (χ0n) is 18.4. The van der Waals surface area contributed by atoms with Crippen LogP contribution in [0.1, 0.15) is 55.5 Å². The van der Waals surface area contributed by atoms with Crippen molar-refractivity contribution in [3.63, 3.8) is 0 Å². The first-order chi connectivity index (χ1) is 15.4. The van der Waals surface area contributed by atoms with Gasteiger partial charge in [-0.15, -0.1) is 0 Å². The smallest absolute Gasteiger partial charge is 0.355 e. The van der Waals surface area contributed by atoms with Crippen molar-refractivity contribution in [3.8, 4) is 0 Å². The number of hydrogen-bond acceptors (Lipinski definition) is 5. The summed E-state index contributed by atoms with van der Waals surface area (Å²) in [6.45, 7) is 2.87. The Morgan fingerprint density at radius 3 is 2.25 bits per heavy atom. The Balaban J connectivity index is 1.93. The number of carbonyl (C=O) groups excluding carboxylic acids is 4. The molecule has 7 heteroatoms. The van der Waals surface area contributed by atoms with Crippen LogP contribution in [0.15, 0.2) is 60.3 Å². The first-order valence-corrected chi connectivity index (χ1v) is 10.5. The number of Topliss-reactive ketones (excluding diaryl/α,β-unsaturated/α-hetero) is 1. The van der Waals surface area contributed by atoms with Gasteiger partial charge in [-0.05, 0) is 42.3 Å². The largest absolute Gasteiger partial charge is 0.453 e. The Kier molecular flexibility index (Phi) is 9.84. The number of amides is 2. The molecule has 7 nitrogen and oxygen atoms in total. The molecule has 2 aromatic carbocycles. The maximum absolute atomic E-state index is 12.4. The van der Waals surface area contributed by atoms with Crippen LogP contribution in [0, 0.1) is 0 Å². The summed E-state index contributed by atoms with van der Waals surface area (Å²) in [4.78, 5) is 48.1. The van der Waals surface area contributed by atoms with Crippen LogP contribution in [0.2, 0.25) is 0 Å². The van der Waals surface area contributed by atoms with Crippen molar-refractivity contribution in [1.29, 1.82) is 0 Å². The average molecular weight is 437 g/mol. The maximum Gasteiger partial charge on any atom is 0.355 e. The fourth-order valence-electron chi connectivity index (χ4n) is 2.84. The topological polar surface area (TPSA) is 102 Å². The lowest BCUT2D eigenvalue weighted by Gasteiger charge is -2.09. The van der Waals surface area contributed by atoms with Gasteiger partial charge in [0, 0.05) is 24.6 Å². The molecule has 2 aromatic rings. The molecule has 2 rings (SSSR count). The lowest BCUT2D eigenvalue weighted by molar-refractivity contribution is -0.139. The Morgan fingerprint density at radius 2 is 1.62 bits per heavy atom. The fourth-order valence-corrected chi connectivity index (χ4v) is 2.84. The standard InChI is InChI=1S/C25H28N2O5/c1-3-4-6-11-24(30)27-21-14-12-20(13-15-21)23(29)17-32-25(31)22(26-18(2)28)16-19-9-7-5-8-10-19/h5,7-10,12-16H,3-4,6,11,17H2,1-2H3,(H,26,28)(H,27,30)/b22-16+. The van der Waals surface area contributed by atoms with E-state index in [1.165, 1.54) is 13.0 Å². The number of ketones is 1. The van der Waals surface area contributed by atoms with Crippen LogP contribution in [-0.4, -0.2) is 30.2 Å². The molecule has 0 aliphatic heterocycles. The summed E-state index contributed by atoms with van der Waals surface area (Å²) in [6.07, 6.45) is 4.82. The fraction of sp³-hybridized carbons (Fsp3) is 0.280. The predicted octanol–water partition coefficient (Wildman–Crippen LogP) is 4.11. The van der Waals surface area contributed by atoms with Crippen molar-refractivity contribution in [2.45, 2.75) is 39.5 Å². The summed E-state index contributed by atoms with van der Waals surface area (Å²) in [5.74, 6) is -1.71. The van der Waals surface area contributed by atoms with E-state index in [0.717, 1.165) is 19.3 Å². The molecule has 2 N–H and O–H groups in total. The number of benzene rings is 2. The molecular weight excluding hydrogens is 408 g/mol. The minimum Gasteiger partial charge on any atom is -0.453 e. The number of unbranched alkanes of at least 4 members (excludes halogenated alkanes) is 2. The number of carbonyl (C=O) groups is 4. The molecule has 0 aliphatic carbocycles. The Bertz CT molecular complexity index is 966. The van der Waals surface area contributed by atoms with E-state index in [1.807, 2.05) is 6.07 Å². The minimum atomic E-state index is -0.812. The maximum atomic E-state index is 12.4. The summed E-state index contributed by atoms with van der Waals surface area (Å²) in [5.41, 5.74) is 1.58. The molecule has 0 unspecified atom stereocenters. The lowest BCUT2D eigenvalue weighted by atomic mass is 10.1. The molecule has 0 aliphatic rings. The van der Waals surface area contributed by atoms with E-state index in [0.29, 0.717) is 23.2 Å². The van der Waals surface area contributed by atoms with Crippen LogP contribution < -0.4 is 10.6 Å². The second-order valence-corrected chi connectivity index (χ2v) is 7.23. The predicted molar refractivity (Wildman–Crippen MR) is 123 cm³/mol. The number of hydrogen-bond donors (Lipinski definition) is 2. The van der Waals surface area contributed by atoms with Gasteiger partial charge in [-0.25, -0.2) is 4.79 Å². The van der Waals surface area contributed by atoms with Gasteiger partial charge in [-0.3, -0.25) is 14.4 Å². The molecule has 32 heavy (non-hydrogen) atoms. The van der Waals surface area contributed by atoms with E-state index < -0.39 is 24.3 Å². The summed E-state index contributed by atoms with van der Waals surface area (Å²) in [7, 11) is 0. The van der Waals surface area contributed by atoms with E-state index >= 15 is 0 Å². The highest BCUT2D eigenvalue weighted by Crippen LogP contribution is 2.12. The summed E-state index contributed by atoms with van der Waals surface area (Å²) < 4.78 is 5.10. The molecule has 0 atom stereocenters. The SMILES string of the molecule is CCCCCC(=O)Nc1ccc(C(=O)COC(=O)/C(=C\c2ccccc2)NC(C)=O)cc1. The quantitative estimate of drug-likeness (QED) is 0.239. The second-order valence-electron chi connectivity index (χ2n) is 7.23. The molecule has 0 fully saturated rings. The van der Waals surface area contributed by atoms with Gasteiger partial charge in [0.1, 0.15) is 5.70 Å². The molecule has 0 aromatic heterocycles. The Labute approximate surface area is 187 Å². The number of rotatable bonds is 11. The van der Waals surface area contributed by atoms with Crippen LogP contribution >= 0.6 is 0 Å². The van der Waals surface area contributed by atoms with Gasteiger partial charge in [0.15, 0.2) is 12.4 Å². The van der Waals surface area contributed by atoms with E-state index in [-0.39, 0.29) is 11.6 Å². The van der Waals surface area contributed by atoms with Gasteiger partial charge in [-0.1, -0.05) is 50.1 Å². The molecule has 0 saturated heterocycles. The van der Waals surface area contributed by atoms with E-state index in [4.69, 9.17) is 4.74 Å².